The molecule has 25 heavy (non-hydrogen) atoms. The molecular formula is C18H16ClN3O2S. The van der Waals surface area contributed by atoms with E-state index in [4.69, 9.17) is 21.9 Å². The van der Waals surface area contributed by atoms with Gasteiger partial charge >= 0.3 is 0 Å². The highest BCUT2D eigenvalue weighted by molar-refractivity contribution is 7.18. The lowest BCUT2D eigenvalue weighted by Gasteiger charge is -2.00. The zero-order valence-corrected chi connectivity index (χ0v) is 15.1. The molecule has 2 aromatic heterocycles. The molecule has 0 aliphatic carbocycles. The molecule has 0 fully saturated rings. The molecule has 3 aromatic rings. The number of amidine groups is 1. The minimum atomic E-state index is 0.0496. The Morgan fingerprint density at radius 2 is 2.04 bits per heavy atom. The molecule has 2 heterocycles. The smallest absolute Gasteiger partial charge is 0.173 e. The number of aliphatic imine (C=N–C) groups is 1. The second-order valence-corrected chi connectivity index (χ2v) is 7.11. The quantitative estimate of drug-likeness (QED) is 0.398. The molecule has 1 aromatic carbocycles. The van der Waals surface area contributed by atoms with Crippen LogP contribution < -0.4 is 5.73 Å². The summed E-state index contributed by atoms with van der Waals surface area (Å²) in [6.07, 6.45) is 0.850. The van der Waals surface area contributed by atoms with E-state index in [1.807, 2.05) is 30.3 Å². The van der Waals surface area contributed by atoms with Gasteiger partial charge in [0, 0.05) is 37.1 Å². The number of ketones is 1. The second kappa shape index (κ2) is 7.63. The number of Topliss-reactive ketones (excluding diaryl/α,β-unsaturated/α-hetero) is 1. The molecule has 0 saturated heterocycles. The first-order valence-electron chi connectivity index (χ1n) is 7.64. The first-order valence-corrected chi connectivity index (χ1v) is 8.83. The number of rotatable bonds is 6. The van der Waals surface area contributed by atoms with Crippen molar-refractivity contribution in [3.8, 4) is 11.3 Å². The fourth-order valence-corrected chi connectivity index (χ4v) is 3.34. The lowest BCUT2D eigenvalue weighted by molar-refractivity contribution is 0.0984. The van der Waals surface area contributed by atoms with E-state index in [-0.39, 0.29) is 5.78 Å². The molecule has 0 saturated carbocycles. The highest BCUT2D eigenvalue weighted by atomic mass is 35.5. The number of nitrogens with zero attached hydrogens (tertiary/aromatic N) is 2. The zero-order chi connectivity index (χ0) is 17.8. The van der Waals surface area contributed by atoms with E-state index in [2.05, 4.69) is 10.1 Å². The summed E-state index contributed by atoms with van der Waals surface area (Å²) in [4.78, 5) is 16.7. The Hall–Kier alpha value is -2.44. The van der Waals surface area contributed by atoms with Crippen LogP contribution in [0.15, 0.2) is 52.0 Å². The number of nitrogens with two attached hydrogens (primary N) is 1. The van der Waals surface area contributed by atoms with E-state index in [1.165, 1.54) is 11.3 Å². The summed E-state index contributed by atoms with van der Waals surface area (Å²) in [6, 6.07) is 12.9. The monoisotopic (exact) mass is 373 g/mol. The molecule has 0 atom stereocenters. The number of carbonyl (C=O) groups is 1. The largest absolute Gasteiger partial charge is 0.384 e. The average molecular weight is 374 g/mol. The normalized spacial score (nSPS) is 11.7. The number of thiophene rings is 1. The van der Waals surface area contributed by atoms with Gasteiger partial charge in [0.2, 0.25) is 0 Å². The molecule has 0 unspecified atom stereocenters. The van der Waals surface area contributed by atoms with Crippen molar-refractivity contribution in [3.63, 3.8) is 0 Å². The first-order chi connectivity index (χ1) is 12.1. The van der Waals surface area contributed by atoms with Crippen LogP contribution in [0.2, 0.25) is 4.34 Å². The van der Waals surface area contributed by atoms with Gasteiger partial charge in [-0.15, -0.1) is 11.3 Å². The van der Waals surface area contributed by atoms with Crippen molar-refractivity contribution >= 4 is 34.6 Å². The van der Waals surface area contributed by atoms with Gasteiger partial charge in [-0.25, -0.2) is 0 Å². The molecule has 0 aliphatic rings. The van der Waals surface area contributed by atoms with Crippen LogP contribution in [0, 0.1) is 0 Å². The van der Waals surface area contributed by atoms with Crippen LogP contribution in [0.5, 0.6) is 0 Å². The first kappa shape index (κ1) is 17.4. The van der Waals surface area contributed by atoms with Crippen molar-refractivity contribution in [2.45, 2.75) is 12.8 Å². The Kier molecular flexibility index (Phi) is 5.31. The Morgan fingerprint density at radius 3 is 2.68 bits per heavy atom. The molecule has 0 aliphatic heterocycles. The maximum absolute atomic E-state index is 12.1. The number of aromatic nitrogens is 1. The van der Waals surface area contributed by atoms with E-state index in [0.717, 1.165) is 16.8 Å². The van der Waals surface area contributed by atoms with Gasteiger partial charge in [-0.3, -0.25) is 9.79 Å². The van der Waals surface area contributed by atoms with Crippen LogP contribution in [0.1, 0.15) is 27.4 Å². The summed E-state index contributed by atoms with van der Waals surface area (Å²) in [5, 5.41) is 4.07. The highest BCUT2D eigenvalue weighted by Gasteiger charge is 2.12. The molecule has 0 amide bonds. The van der Waals surface area contributed by atoms with Crippen molar-refractivity contribution in [3.05, 3.63) is 63.0 Å². The van der Waals surface area contributed by atoms with Gasteiger partial charge in [0.05, 0.1) is 9.21 Å². The lowest BCUT2D eigenvalue weighted by Crippen LogP contribution is -2.12. The number of benzene rings is 1. The molecule has 3 rings (SSSR count). The van der Waals surface area contributed by atoms with Gasteiger partial charge in [-0.05, 0) is 12.1 Å². The molecule has 128 valence electrons. The van der Waals surface area contributed by atoms with E-state index < -0.39 is 0 Å². The topological polar surface area (TPSA) is 81.5 Å². The van der Waals surface area contributed by atoms with Crippen LogP contribution in [0.3, 0.4) is 0 Å². The molecule has 0 spiro atoms. The SMILES string of the molecule is CN=C(N)c1ccc(-c2cc(CCC(=O)c3ccc(Cl)s3)on2)cc1. The van der Waals surface area contributed by atoms with Crippen molar-refractivity contribution in [1.29, 1.82) is 0 Å². The number of hydrogen-bond donors (Lipinski definition) is 1. The summed E-state index contributed by atoms with van der Waals surface area (Å²) in [5.74, 6) is 1.21. The Morgan fingerprint density at radius 1 is 1.28 bits per heavy atom. The van der Waals surface area contributed by atoms with Crippen molar-refractivity contribution in [2.75, 3.05) is 7.05 Å². The van der Waals surface area contributed by atoms with Gasteiger partial charge in [-0.2, -0.15) is 0 Å². The molecule has 5 nitrogen and oxygen atoms in total. The van der Waals surface area contributed by atoms with Crippen LogP contribution in [0.25, 0.3) is 11.3 Å². The molecule has 0 radical (unpaired) electrons. The van der Waals surface area contributed by atoms with Crippen LogP contribution >= 0.6 is 22.9 Å². The molecule has 0 bridgehead atoms. The second-order valence-electron chi connectivity index (χ2n) is 5.39. The standard InChI is InChI=1S/C18H16ClN3O2S/c1-21-18(20)12-4-2-11(3-5-12)14-10-13(24-22-14)6-7-15(23)16-8-9-17(19)25-16/h2-5,8-10H,6-7H2,1H3,(H2,20,21). The highest BCUT2D eigenvalue weighted by Crippen LogP contribution is 2.24. The van der Waals surface area contributed by atoms with E-state index in [1.54, 1.807) is 19.2 Å². The van der Waals surface area contributed by atoms with E-state index >= 15 is 0 Å². The summed E-state index contributed by atoms with van der Waals surface area (Å²) in [5.41, 5.74) is 8.28. The Bertz CT molecular complexity index is 913. The maximum Gasteiger partial charge on any atom is 0.173 e. The fraction of sp³-hybridized carbons (Fsp3) is 0.167. The van der Waals surface area contributed by atoms with Gasteiger partial charge in [0.1, 0.15) is 17.3 Å². The van der Waals surface area contributed by atoms with Crippen molar-refractivity contribution in [2.24, 2.45) is 10.7 Å². The zero-order valence-electron chi connectivity index (χ0n) is 13.5. The van der Waals surface area contributed by atoms with E-state index in [0.29, 0.717) is 33.7 Å². The number of carbonyl (C=O) groups excluding carboxylic acids is 1. The summed E-state index contributed by atoms with van der Waals surface area (Å²) < 4.78 is 5.95. The van der Waals surface area contributed by atoms with Gasteiger partial charge in [-0.1, -0.05) is 41.0 Å². The average Bonchev–Trinajstić information content (AvgIpc) is 3.28. The predicted molar refractivity (Wildman–Crippen MR) is 101 cm³/mol. The number of halogens is 1. The number of hydrogen-bond acceptors (Lipinski definition) is 5. The Balaban J connectivity index is 1.65. The van der Waals surface area contributed by atoms with Crippen LogP contribution in [0.4, 0.5) is 0 Å². The molecule has 7 heteroatoms. The van der Waals surface area contributed by atoms with Gasteiger partial charge in [0.15, 0.2) is 5.78 Å². The van der Waals surface area contributed by atoms with E-state index in [9.17, 15) is 4.79 Å². The minimum absolute atomic E-state index is 0.0496. The third-order valence-corrected chi connectivity index (χ3v) is 4.99. The van der Waals surface area contributed by atoms with Gasteiger partial charge < -0.3 is 10.3 Å². The number of aryl methyl sites for hydroxylation is 1. The van der Waals surface area contributed by atoms with Crippen molar-refractivity contribution in [1.82, 2.24) is 5.16 Å². The molecule has 2 N–H and O–H groups in total. The fourth-order valence-electron chi connectivity index (χ4n) is 2.33. The van der Waals surface area contributed by atoms with Gasteiger partial charge in [0.25, 0.3) is 0 Å². The molecular weight excluding hydrogens is 358 g/mol. The van der Waals surface area contributed by atoms with Crippen LogP contribution in [-0.2, 0) is 6.42 Å². The van der Waals surface area contributed by atoms with Crippen molar-refractivity contribution < 1.29 is 9.32 Å². The lowest BCUT2D eigenvalue weighted by atomic mass is 10.1. The summed E-state index contributed by atoms with van der Waals surface area (Å²) in [6.45, 7) is 0. The third kappa shape index (κ3) is 4.15. The Labute approximate surface area is 154 Å². The summed E-state index contributed by atoms with van der Waals surface area (Å²) >= 11 is 7.14. The van der Waals surface area contributed by atoms with Crippen LogP contribution in [-0.4, -0.2) is 23.8 Å². The third-order valence-electron chi connectivity index (χ3n) is 3.72. The summed E-state index contributed by atoms with van der Waals surface area (Å²) in [7, 11) is 1.65. The minimum Gasteiger partial charge on any atom is -0.384 e. The maximum atomic E-state index is 12.1. The predicted octanol–water partition coefficient (Wildman–Crippen LogP) is 4.21.